The highest BCUT2D eigenvalue weighted by Crippen LogP contribution is 2.17. The maximum absolute atomic E-state index is 12.4. The summed E-state index contributed by atoms with van der Waals surface area (Å²) in [6.07, 6.45) is 59.1. The van der Waals surface area contributed by atoms with Gasteiger partial charge < -0.3 is 15.5 Å². The average Bonchev–Trinajstić information content (AvgIpc) is 3.18. The molecule has 0 aliphatic rings. The number of nitrogens with one attached hydrogen (secondary N) is 1. The first-order valence-corrected chi connectivity index (χ1v) is 24.9. The second-order valence-corrected chi connectivity index (χ2v) is 17.2. The van der Waals surface area contributed by atoms with Crippen LogP contribution in [-0.4, -0.2) is 34.9 Å². The first kappa shape index (κ1) is 53.1. The monoisotopic (exact) mass is 762 g/mol. The molecule has 0 aliphatic carbocycles. The standard InChI is InChI=1S/C50H99NO3/c1-3-5-7-9-11-13-14-15-16-17-18-19-20-21-22-23-24-25-26-27-28-29-30-31-32-33-34-35-36-38-40-42-44-46-50(54)51-48(47-52)49(53)45-43-41-39-37-12-10-8-6-4-2/h21-22,48-49,52-53H,3-20,23-47H2,1-2H3,(H,51,54)/b22-21-. The van der Waals surface area contributed by atoms with E-state index in [9.17, 15) is 15.0 Å². The lowest BCUT2D eigenvalue weighted by atomic mass is 10.0. The van der Waals surface area contributed by atoms with E-state index in [4.69, 9.17) is 0 Å². The minimum atomic E-state index is -0.653. The van der Waals surface area contributed by atoms with Crippen LogP contribution in [0.1, 0.15) is 284 Å². The molecule has 0 heterocycles. The molecule has 2 unspecified atom stereocenters. The van der Waals surface area contributed by atoms with Crippen LogP contribution in [0.15, 0.2) is 12.2 Å². The van der Waals surface area contributed by atoms with E-state index in [2.05, 4.69) is 31.3 Å². The van der Waals surface area contributed by atoms with Crippen LogP contribution in [0.25, 0.3) is 0 Å². The molecule has 0 saturated carbocycles. The van der Waals surface area contributed by atoms with Crippen LogP contribution in [-0.2, 0) is 4.79 Å². The number of aliphatic hydroxyl groups is 2. The van der Waals surface area contributed by atoms with E-state index in [0.29, 0.717) is 12.8 Å². The minimum absolute atomic E-state index is 0.0291. The molecule has 2 atom stereocenters. The molecule has 1 amide bonds. The van der Waals surface area contributed by atoms with Gasteiger partial charge in [-0.2, -0.15) is 0 Å². The van der Waals surface area contributed by atoms with Crippen molar-refractivity contribution < 1.29 is 15.0 Å². The molecule has 0 aliphatic heterocycles. The van der Waals surface area contributed by atoms with Crippen molar-refractivity contribution in [3.05, 3.63) is 12.2 Å². The van der Waals surface area contributed by atoms with Crippen LogP contribution < -0.4 is 5.32 Å². The first-order valence-electron chi connectivity index (χ1n) is 24.9. The van der Waals surface area contributed by atoms with Crippen molar-refractivity contribution in [3.63, 3.8) is 0 Å². The zero-order valence-corrected chi connectivity index (χ0v) is 37.0. The van der Waals surface area contributed by atoms with Crippen molar-refractivity contribution in [2.45, 2.75) is 296 Å². The van der Waals surface area contributed by atoms with E-state index in [1.807, 2.05) is 0 Å². The molecule has 0 saturated heterocycles. The van der Waals surface area contributed by atoms with E-state index >= 15 is 0 Å². The Kier molecular flexibility index (Phi) is 45.8. The summed E-state index contributed by atoms with van der Waals surface area (Å²) >= 11 is 0. The summed E-state index contributed by atoms with van der Waals surface area (Å²) in [6.45, 7) is 4.36. The summed E-state index contributed by atoms with van der Waals surface area (Å²) in [5, 5.41) is 23.1. The first-order chi connectivity index (χ1) is 26.7. The third-order valence-corrected chi connectivity index (χ3v) is 11.8. The van der Waals surface area contributed by atoms with E-state index in [1.54, 1.807) is 0 Å². The Morgan fingerprint density at radius 3 is 1.02 bits per heavy atom. The lowest BCUT2D eigenvalue weighted by molar-refractivity contribution is -0.123. The third-order valence-electron chi connectivity index (χ3n) is 11.8. The fourth-order valence-corrected chi connectivity index (χ4v) is 7.95. The van der Waals surface area contributed by atoms with E-state index in [-0.39, 0.29) is 12.5 Å². The van der Waals surface area contributed by atoms with Crippen LogP contribution in [0, 0.1) is 0 Å². The van der Waals surface area contributed by atoms with Gasteiger partial charge in [0.25, 0.3) is 0 Å². The second-order valence-electron chi connectivity index (χ2n) is 17.2. The largest absolute Gasteiger partial charge is 0.394 e. The van der Waals surface area contributed by atoms with Crippen LogP contribution >= 0.6 is 0 Å². The lowest BCUT2D eigenvalue weighted by Gasteiger charge is -2.22. The minimum Gasteiger partial charge on any atom is -0.394 e. The number of rotatable bonds is 46. The van der Waals surface area contributed by atoms with Crippen LogP contribution in [0.4, 0.5) is 0 Å². The Labute approximate surface area is 339 Å². The van der Waals surface area contributed by atoms with E-state index < -0.39 is 12.1 Å². The summed E-state index contributed by atoms with van der Waals surface area (Å²) in [5.74, 6) is -0.0291. The van der Waals surface area contributed by atoms with E-state index in [0.717, 1.165) is 25.7 Å². The molecule has 0 bridgehead atoms. The number of carbonyl (C=O) groups excluding carboxylic acids is 1. The highest BCUT2D eigenvalue weighted by molar-refractivity contribution is 5.76. The van der Waals surface area contributed by atoms with Gasteiger partial charge >= 0.3 is 0 Å². The second kappa shape index (κ2) is 46.5. The van der Waals surface area contributed by atoms with Gasteiger partial charge in [-0.3, -0.25) is 4.79 Å². The molecule has 322 valence electrons. The third kappa shape index (κ3) is 42.3. The van der Waals surface area contributed by atoms with Gasteiger partial charge in [-0.1, -0.05) is 251 Å². The van der Waals surface area contributed by atoms with Gasteiger partial charge in [-0.15, -0.1) is 0 Å². The van der Waals surface area contributed by atoms with Gasteiger partial charge in [0.05, 0.1) is 18.8 Å². The molecule has 4 heteroatoms. The Bertz CT molecular complexity index is 739. The quantitative estimate of drug-likeness (QED) is 0.0427. The number of hydrogen-bond acceptors (Lipinski definition) is 3. The van der Waals surface area contributed by atoms with Gasteiger partial charge in [0.15, 0.2) is 0 Å². The summed E-state index contributed by atoms with van der Waals surface area (Å²) in [6, 6.07) is -0.530. The van der Waals surface area contributed by atoms with Crippen LogP contribution in [0.2, 0.25) is 0 Å². The molecule has 0 aromatic rings. The molecule has 3 N–H and O–H groups in total. The molecular formula is C50H99NO3. The predicted octanol–water partition coefficient (Wildman–Crippen LogP) is 15.8. The highest BCUT2D eigenvalue weighted by atomic mass is 16.3. The Morgan fingerprint density at radius 2 is 0.704 bits per heavy atom. The van der Waals surface area contributed by atoms with Gasteiger partial charge in [0.1, 0.15) is 0 Å². The number of allylic oxidation sites excluding steroid dienone is 2. The molecule has 0 aromatic carbocycles. The summed E-state index contributed by atoms with van der Waals surface area (Å²) in [5.41, 5.74) is 0. The average molecular weight is 762 g/mol. The van der Waals surface area contributed by atoms with Crippen molar-refractivity contribution >= 4 is 5.91 Å². The van der Waals surface area contributed by atoms with Crippen molar-refractivity contribution in [3.8, 4) is 0 Å². The SMILES string of the molecule is CCCCCCCCCCCCCC/C=C\CCCCCCCCCCCCCCCCCCCC(=O)NC(CO)C(O)CCCCCCCCCCC. The van der Waals surface area contributed by atoms with Crippen LogP contribution in [0.5, 0.6) is 0 Å². The Hall–Kier alpha value is -0.870. The zero-order valence-electron chi connectivity index (χ0n) is 37.0. The predicted molar refractivity (Wildman–Crippen MR) is 239 cm³/mol. The molecular weight excluding hydrogens is 663 g/mol. The summed E-state index contributed by atoms with van der Waals surface area (Å²) in [4.78, 5) is 12.4. The molecule has 0 aromatic heterocycles. The maximum atomic E-state index is 12.4. The number of unbranched alkanes of at least 4 members (excludes halogenated alkanes) is 37. The number of aliphatic hydroxyl groups excluding tert-OH is 2. The number of amides is 1. The maximum Gasteiger partial charge on any atom is 0.220 e. The fraction of sp³-hybridized carbons (Fsp3) is 0.940. The van der Waals surface area contributed by atoms with Gasteiger partial charge in [0.2, 0.25) is 5.91 Å². The number of carbonyl (C=O) groups is 1. The molecule has 0 rings (SSSR count). The Balaban J connectivity index is 3.35. The van der Waals surface area contributed by atoms with Gasteiger partial charge in [-0.25, -0.2) is 0 Å². The summed E-state index contributed by atoms with van der Waals surface area (Å²) < 4.78 is 0. The lowest BCUT2D eigenvalue weighted by Crippen LogP contribution is -2.45. The Morgan fingerprint density at radius 1 is 0.426 bits per heavy atom. The smallest absolute Gasteiger partial charge is 0.220 e. The highest BCUT2D eigenvalue weighted by Gasteiger charge is 2.20. The molecule has 0 radical (unpaired) electrons. The van der Waals surface area contributed by atoms with Crippen molar-refractivity contribution in [2.24, 2.45) is 0 Å². The zero-order chi connectivity index (χ0) is 39.3. The van der Waals surface area contributed by atoms with Crippen molar-refractivity contribution in [1.29, 1.82) is 0 Å². The topological polar surface area (TPSA) is 69.6 Å². The van der Waals surface area contributed by atoms with Crippen molar-refractivity contribution in [2.75, 3.05) is 6.61 Å². The molecule has 0 spiro atoms. The normalized spacial score (nSPS) is 12.9. The van der Waals surface area contributed by atoms with Crippen LogP contribution in [0.3, 0.4) is 0 Å². The van der Waals surface area contributed by atoms with E-state index in [1.165, 1.54) is 231 Å². The van der Waals surface area contributed by atoms with Crippen molar-refractivity contribution in [1.82, 2.24) is 5.32 Å². The summed E-state index contributed by atoms with van der Waals surface area (Å²) in [7, 11) is 0. The molecule has 54 heavy (non-hydrogen) atoms. The van der Waals surface area contributed by atoms with Gasteiger partial charge in [0, 0.05) is 6.42 Å². The fourth-order valence-electron chi connectivity index (χ4n) is 7.95. The molecule has 4 nitrogen and oxygen atoms in total. The molecule has 0 fully saturated rings. The van der Waals surface area contributed by atoms with Gasteiger partial charge in [-0.05, 0) is 38.5 Å². The number of hydrogen-bond donors (Lipinski definition) is 3.